The van der Waals surface area contributed by atoms with Gasteiger partial charge in [0, 0.05) is 57.3 Å². The number of nitrogens with zero attached hydrogens (tertiary/aromatic N) is 5. The summed E-state index contributed by atoms with van der Waals surface area (Å²) < 4.78 is 1.34. The van der Waals surface area contributed by atoms with Gasteiger partial charge in [0.15, 0.2) is 0 Å². The number of aryl methyl sites for hydroxylation is 1. The number of hydrogen-bond donors (Lipinski definition) is 2. The number of likely N-dealkylation sites (tertiary alicyclic amines) is 2. The van der Waals surface area contributed by atoms with Crippen molar-refractivity contribution in [1.29, 1.82) is 0 Å². The quantitative estimate of drug-likeness (QED) is 0.380. The van der Waals surface area contributed by atoms with Crippen LogP contribution >= 0.6 is 0 Å². The number of carbonyl (C=O) groups excluding carboxylic acids is 3. The number of aromatic nitrogens is 2. The van der Waals surface area contributed by atoms with Crippen molar-refractivity contribution in [2.24, 2.45) is 7.05 Å². The number of likely N-dealkylation sites (N-methyl/N-ethyl adjacent to an activating group) is 1. The van der Waals surface area contributed by atoms with Crippen LogP contribution in [0.5, 0.6) is 0 Å². The maximum atomic E-state index is 13.1. The standard InChI is InChI=1S/C36H43N7O4/c1-40-20-27(16-30(22-40)38-29-17-34(45)41(2)37-18-29)24-5-3-23(4-6-24)19-42-13-11-25(12-14-42)26-7-8-31-28(15-26)21-43(36(31)47)32-9-10-33(44)39-35(32)46/h3-8,15,17-18,25,27,30,32,38H,9-14,16,19-22H2,1-2H3,(H,39,44,46)/t27-,30+,32?/m1/s1. The molecule has 3 amide bonds. The summed E-state index contributed by atoms with van der Waals surface area (Å²) in [7, 11) is 3.81. The number of nitrogens with one attached hydrogen (secondary N) is 2. The van der Waals surface area contributed by atoms with Crippen molar-refractivity contribution in [1.82, 2.24) is 29.8 Å². The first kappa shape index (κ1) is 31.3. The maximum absolute atomic E-state index is 13.1. The zero-order valence-corrected chi connectivity index (χ0v) is 27.2. The maximum Gasteiger partial charge on any atom is 0.268 e. The zero-order valence-electron chi connectivity index (χ0n) is 27.2. The molecule has 3 aromatic rings. The van der Waals surface area contributed by atoms with Gasteiger partial charge in [0.1, 0.15) is 6.04 Å². The van der Waals surface area contributed by atoms with Crippen LogP contribution in [0.25, 0.3) is 0 Å². The molecule has 1 aromatic heterocycles. The Morgan fingerprint density at radius 3 is 2.40 bits per heavy atom. The number of anilines is 1. The summed E-state index contributed by atoms with van der Waals surface area (Å²) in [5.74, 6) is 0.0948. The van der Waals surface area contributed by atoms with Crippen LogP contribution in [0.4, 0.5) is 5.69 Å². The minimum Gasteiger partial charge on any atom is -0.380 e. The van der Waals surface area contributed by atoms with E-state index in [2.05, 4.69) is 69.0 Å². The number of amides is 3. The van der Waals surface area contributed by atoms with Crippen molar-refractivity contribution in [3.63, 3.8) is 0 Å². The molecule has 2 aromatic carbocycles. The van der Waals surface area contributed by atoms with Crippen molar-refractivity contribution in [3.8, 4) is 0 Å². The van der Waals surface area contributed by atoms with Gasteiger partial charge in [-0.05, 0) is 86.0 Å². The highest BCUT2D eigenvalue weighted by Crippen LogP contribution is 2.34. The smallest absolute Gasteiger partial charge is 0.268 e. The van der Waals surface area contributed by atoms with E-state index in [0.717, 1.165) is 63.2 Å². The molecule has 11 heteroatoms. The van der Waals surface area contributed by atoms with Gasteiger partial charge in [0.05, 0.1) is 11.9 Å². The fraction of sp³-hybridized carbons (Fsp3) is 0.472. The van der Waals surface area contributed by atoms with E-state index in [-0.39, 0.29) is 35.7 Å². The number of rotatable bonds is 7. The lowest BCUT2D eigenvalue weighted by Crippen LogP contribution is -2.52. The molecule has 11 nitrogen and oxygen atoms in total. The fourth-order valence-corrected chi connectivity index (χ4v) is 7.88. The van der Waals surface area contributed by atoms with Crippen molar-refractivity contribution in [2.75, 3.05) is 38.5 Å². The number of fused-ring (bicyclic) bond motifs is 1. The summed E-state index contributed by atoms with van der Waals surface area (Å²) in [4.78, 5) is 55.6. The molecule has 5 heterocycles. The molecule has 4 aliphatic heterocycles. The van der Waals surface area contributed by atoms with Gasteiger partial charge in [0.25, 0.3) is 11.5 Å². The van der Waals surface area contributed by atoms with Gasteiger partial charge in [-0.25, -0.2) is 4.68 Å². The molecule has 0 radical (unpaired) electrons. The summed E-state index contributed by atoms with van der Waals surface area (Å²) in [6.07, 6.45) is 5.49. The first-order valence-electron chi connectivity index (χ1n) is 16.8. The Hall–Kier alpha value is -4.35. The van der Waals surface area contributed by atoms with Gasteiger partial charge in [-0.3, -0.25) is 29.4 Å². The SMILES string of the molecule is CN1C[C@@H](Nc2cnn(C)c(=O)c2)C[C@@H](c2ccc(CN3CCC(c4ccc5c(c4)CN(C4CCC(=O)NC4=O)C5=O)CC3)cc2)C1. The van der Waals surface area contributed by atoms with Crippen LogP contribution in [0.1, 0.15) is 76.6 Å². The zero-order chi connectivity index (χ0) is 32.7. The third-order valence-corrected chi connectivity index (χ3v) is 10.4. The van der Waals surface area contributed by atoms with Crippen LogP contribution in [-0.2, 0) is 29.7 Å². The van der Waals surface area contributed by atoms with Gasteiger partial charge >= 0.3 is 0 Å². The molecule has 3 fully saturated rings. The lowest BCUT2D eigenvalue weighted by Gasteiger charge is -2.37. The Labute approximate surface area is 274 Å². The number of carbonyl (C=O) groups is 3. The molecule has 3 saturated heterocycles. The minimum atomic E-state index is -0.582. The van der Waals surface area contributed by atoms with Crippen molar-refractivity contribution in [3.05, 3.63) is 92.9 Å². The Kier molecular flexibility index (Phi) is 8.67. The normalized spacial score (nSPS) is 24.3. The average Bonchev–Trinajstić information content (AvgIpc) is 3.38. The summed E-state index contributed by atoms with van der Waals surface area (Å²) in [5.41, 5.74) is 6.24. The highest BCUT2D eigenvalue weighted by atomic mass is 16.2. The fourth-order valence-electron chi connectivity index (χ4n) is 7.88. The van der Waals surface area contributed by atoms with Crippen LogP contribution in [0.15, 0.2) is 59.5 Å². The molecule has 0 aliphatic carbocycles. The van der Waals surface area contributed by atoms with E-state index in [4.69, 9.17) is 0 Å². The van der Waals surface area contributed by atoms with Crippen LogP contribution in [0.3, 0.4) is 0 Å². The first-order chi connectivity index (χ1) is 22.7. The number of piperidine rings is 3. The van der Waals surface area contributed by atoms with Gasteiger partial charge in [0.2, 0.25) is 11.8 Å². The third kappa shape index (κ3) is 6.73. The number of benzene rings is 2. The predicted molar refractivity (Wildman–Crippen MR) is 178 cm³/mol. The molecular weight excluding hydrogens is 594 g/mol. The monoisotopic (exact) mass is 637 g/mol. The van der Waals surface area contributed by atoms with E-state index in [1.165, 1.54) is 21.4 Å². The Balaban J connectivity index is 0.917. The lowest BCUT2D eigenvalue weighted by atomic mass is 9.87. The van der Waals surface area contributed by atoms with Gasteiger partial charge in [-0.2, -0.15) is 5.10 Å². The third-order valence-electron chi connectivity index (χ3n) is 10.4. The van der Waals surface area contributed by atoms with Gasteiger partial charge < -0.3 is 15.1 Å². The summed E-state index contributed by atoms with van der Waals surface area (Å²) in [6.45, 7) is 5.31. The van der Waals surface area contributed by atoms with Crippen LogP contribution < -0.4 is 16.2 Å². The molecule has 0 spiro atoms. The lowest BCUT2D eigenvalue weighted by molar-refractivity contribution is -0.136. The summed E-state index contributed by atoms with van der Waals surface area (Å²) >= 11 is 0. The van der Waals surface area contributed by atoms with Gasteiger partial charge in [-0.15, -0.1) is 0 Å². The highest BCUT2D eigenvalue weighted by molar-refractivity contribution is 6.05. The molecule has 1 unspecified atom stereocenters. The molecular formula is C36H43N7O4. The van der Waals surface area contributed by atoms with E-state index in [9.17, 15) is 19.2 Å². The minimum absolute atomic E-state index is 0.114. The summed E-state index contributed by atoms with van der Waals surface area (Å²) in [6, 6.07) is 16.6. The molecule has 2 N–H and O–H groups in total. The van der Waals surface area contributed by atoms with E-state index < -0.39 is 6.04 Å². The summed E-state index contributed by atoms with van der Waals surface area (Å²) in [5, 5.41) is 10.1. The Morgan fingerprint density at radius 1 is 0.894 bits per heavy atom. The predicted octanol–water partition coefficient (Wildman–Crippen LogP) is 2.82. The molecule has 3 atom stereocenters. The Bertz CT molecular complexity index is 1730. The van der Waals surface area contributed by atoms with Crippen LogP contribution in [0.2, 0.25) is 0 Å². The van der Waals surface area contributed by atoms with Crippen molar-refractivity contribution in [2.45, 2.75) is 69.1 Å². The van der Waals surface area contributed by atoms with Crippen molar-refractivity contribution < 1.29 is 14.4 Å². The van der Waals surface area contributed by atoms with Crippen LogP contribution in [-0.4, -0.2) is 87.5 Å². The van der Waals surface area contributed by atoms with Gasteiger partial charge in [-0.1, -0.05) is 36.4 Å². The van der Waals surface area contributed by atoms with Crippen molar-refractivity contribution >= 4 is 23.4 Å². The van der Waals surface area contributed by atoms with E-state index in [1.54, 1.807) is 24.2 Å². The average molecular weight is 638 g/mol. The highest BCUT2D eigenvalue weighted by Gasteiger charge is 2.39. The Morgan fingerprint density at radius 2 is 1.66 bits per heavy atom. The molecule has 4 aliphatic rings. The molecule has 246 valence electrons. The molecule has 0 saturated carbocycles. The number of hydrogen-bond acceptors (Lipinski definition) is 8. The second-order valence-corrected chi connectivity index (χ2v) is 13.8. The van der Waals surface area contributed by atoms with E-state index in [0.29, 0.717) is 30.4 Å². The first-order valence-corrected chi connectivity index (χ1v) is 16.8. The molecule has 47 heavy (non-hydrogen) atoms. The second-order valence-electron chi connectivity index (χ2n) is 13.8. The van der Waals surface area contributed by atoms with Crippen LogP contribution in [0, 0.1) is 0 Å². The van der Waals surface area contributed by atoms with E-state index >= 15 is 0 Å². The topological polar surface area (TPSA) is 120 Å². The molecule has 7 rings (SSSR count). The molecule has 0 bridgehead atoms. The number of imide groups is 1. The second kappa shape index (κ2) is 13.0. The largest absolute Gasteiger partial charge is 0.380 e. The van der Waals surface area contributed by atoms with E-state index in [1.807, 2.05) is 6.07 Å².